The van der Waals surface area contributed by atoms with Gasteiger partial charge < -0.3 is 5.32 Å². The molecule has 0 aliphatic rings. The van der Waals surface area contributed by atoms with E-state index in [-0.39, 0.29) is 11.8 Å². The molecule has 1 aromatic carbocycles. The van der Waals surface area contributed by atoms with Crippen molar-refractivity contribution in [2.75, 3.05) is 18.6 Å². The van der Waals surface area contributed by atoms with Crippen LogP contribution in [-0.2, 0) is 9.84 Å². The highest BCUT2D eigenvalue weighted by molar-refractivity contribution is 7.90. The molecule has 3 nitrogen and oxygen atoms in total. The van der Waals surface area contributed by atoms with E-state index in [1.807, 2.05) is 0 Å². The summed E-state index contributed by atoms with van der Waals surface area (Å²) in [6.45, 7) is 4.66. The molecule has 1 N–H and O–H groups in total. The maximum absolute atomic E-state index is 11.0. The Balaban J connectivity index is 2.57. The molecule has 0 saturated carbocycles. The third kappa shape index (κ3) is 5.33. The molecule has 0 aromatic heterocycles. The van der Waals surface area contributed by atoms with E-state index in [1.165, 1.54) is 17.4 Å². The van der Waals surface area contributed by atoms with Crippen LogP contribution in [0.25, 0.3) is 0 Å². The molecule has 96 valence electrons. The van der Waals surface area contributed by atoms with Crippen LogP contribution in [0.15, 0.2) is 24.3 Å². The quantitative estimate of drug-likeness (QED) is 0.846. The molecule has 0 fully saturated rings. The highest BCUT2D eigenvalue weighted by Gasteiger charge is 2.09. The van der Waals surface area contributed by atoms with Gasteiger partial charge in [0, 0.05) is 18.8 Å². The summed E-state index contributed by atoms with van der Waals surface area (Å²) in [4.78, 5) is 0. The Bertz CT molecular complexity index is 437. The van der Waals surface area contributed by atoms with Gasteiger partial charge in [0.05, 0.1) is 5.75 Å². The number of nitrogens with one attached hydrogen (secondary N) is 1. The zero-order chi connectivity index (χ0) is 12.9. The highest BCUT2D eigenvalue weighted by atomic mass is 32.2. The minimum absolute atomic E-state index is 0.190. The topological polar surface area (TPSA) is 46.2 Å². The van der Waals surface area contributed by atoms with E-state index in [1.54, 1.807) is 0 Å². The number of hydrogen-bond donors (Lipinski definition) is 1. The Kier molecular flexibility index (Phi) is 5.15. The van der Waals surface area contributed by atoms with Gasteiger partial charge >= 0.3 is 0 Å². The van der Waals surface area contributed by atoms with E-state index in [9.17, 15) is 8.42 Å². The van der Waals surface area contributed by atoms with Crippen LogP contribution in [0.4, 0.5) is 0 Å². The first kappa shape index (κ1) is 14.2. The van der Waals surface area contributed by atoms with Gasteiger partial charge in [0.1, 0.15) is 9.84 Å². The molecular formula is C13H21NO2S. The van der Waals surface area contributed by atoms with Gasteiger partial charge in [-0.15, -0.1) is 0 Å². The molecule has 1 atom stereocenters. The zero-order valence-corrected chi connectivity index (χ0v) is 11.5. The highest BCUT2D eigenvalue weighted by Crippen LogP contribution is 2.16. The Hall–Kier alpha value is -0.870. The number of sulfone groups is 1. The molecule has 4 heteroatoms. The van der Waals surface area contributed by atoms with E-state index < -0.39 is 9.84 Å². The van der Waals surface area contributed by atoms with Gasteiger partial charge in [0.2, 0.25) is 0 Å². The fourth-order valence-corrected chi connectivity index (χ4v) is 2.20. The molecule has 1 aromatic rings. The lowest BCUT2D eigenvalue weighted by Gasteiger charge is -2.17. The first-order valence-corrected chi connectivity index (χ1v) is 7.96. The normalized spacial score (nSPS) is 13.6. The summed E-state index contributed by atoms with van der Waals surface area (Å²) in [6.07, 6.45) is 2.22. The molecule has 0 bridgehead atoms. The summed E-state index contributed by atoms with van der Waals surface area (Å²) in [7, 11) is -2.88. The molecule has 0 aliphatic heterocycles. The summed E-state index contributed by atoms with van der Waals surface area (Å²) in [6, 6.07) is 8.58. The van der Waals surface area contributed by atoms with Crippen molar-refractivity contribution < 1.29 is 8.42 Å². The van der Waals surface area contributed by atoms with Crippen molar-refractivity contribution >= 4 is 9.84 Å². The first-order valence-electron chi connectivity index (χ1n) is 5.90. The van der Waals surface area contributed by atoms with Gasteiger partial charge in [0.15, 0.2) is 0 Å². The van der Waals surface area contributed by atoms with Gasteiger partial charge in [-0.25, -0.2) is 8.42 Å². The minimum atomic E-state index is -2.88. The summed E-state index contributed by atoms with van der Waals surface area (Å²) in [5, 5.41) is 3.28. The van der Waals surface area contributed by atoms with Gasteiger partial charge in [-0.2, -0.15) is 0 Å². The standard InChI is InChI=1S/C13H21NO2S/c1-4-13(14-9-10-17(3,15)16)12-7-5-11(2)6-8-12/h5-8,13-14H,4,9-10H2,1-3H3. The average Bonchev–Trinajstić information content (AvgIpc) is 2.24. The van der Waals surface area contributed by atoms with E-state index in [0.29, 0.717) is 6.54 Å². The number of aryl methyl sites for hydroxylation is 1. The molecule has 1 unspecified atom stereocenters. The van der Waals surface area contributed by atoms with Crippen molar-refractivity contribution in [1.29, 1.82) is 0 Å². The van der Waals surface area contributed by atoms with Crippen molar-refractivity contribution in [1.82, 2.24) is 5.32 Å². The van der Waals surface area contributed by atoms with Crippen molar-refractivity contribution in [2.45, 2.75) is 26.3 Å². The van der Waals surface area contributed by atoms with Crippen LogP contribution < -0.4 is 5.32 Å². The first-order chi connectivity index (χ1) is 7.92. The van der Waals surface area contributed by atoms with Crippen molar-refractivity contribution in [3.63, 3.8) is 0 Å². The smallest absolute Gasteiger partial charge is 0.148 e. The predicted molar refractivity (Wildman–Crippen MR) is 71.9 cm³/mol. The summed E-state index contributed by atoms with van der Waals surface area (Å²) < 4.78 is 22.1. The predicted octanol–water partition coefficient (Wildman–Crippen LogP) is 2.08. The van der Waals surface area contributed by atoms with E-state index in [4.69, 9.17) is 0 Å². The zero-order valence-electron chi connectivity index (χ0n) is 10.7. The van der Waals surface area contributed by atoms with Crippen LogP contribution in [0.2, 0.25) is 0 Å². The number of benzene rings is 1. The summed E-state index contributed by atoms with van der Waals surface area (Å²) in [5.74, 6) is 0.190. The molecule has 0 amide bonds. The second kappa shape index (κ2) is 6.17. The van der Waals surface area contributed by atoms with Crippen LogP contribution in [0.3, 0.4) is 0 Å². The van der Waals surface area contributed by atoms with E-state index in [0.717, 1.165) is 6.42 Å². The second-order valence-electron chi connectivity index (χ2n) is 4.46. The van der Waals surface area contributed by atoms with Crippen LogP contribution in [0.5, 0.6) is 0 Å². The summed E-state index contributed by atoms with van der Waals surface area (Å²) >= 11 is 0. The van der Waals surface area contributed by atoms with E-state index >= 15 is 0 Å². The third-order valence-electron chi connectivity index (χ3n) is 2.75. The second-order valence-corrected chi connectivity index (χ2v) is 6.72. The Labute approximate surface area is 104 Å². The monoisotopic (exact) mass is 255 g/mol. The van der Waals surface area contributed by atoms with E-state index in [2.05, 4.69) is 43.4 Å². The molecule has 0 spiro atoms. The van der Waals surface area contributed by atoms with Crippen LogP contribution in [-0.4, -0.2) is 27.0 Å². The van der Waals surface area contributed by atoms with Crippen molar-refractivity contribution in [3.05, 3.63) is 35.4 Å². The molecule has 1 rings (SSSR count). The molecule has 0 heterocycles. The fraction of sp³-hybridized carbons (Fsp3) is 0.538. The largest absolute Gasteiger partial charge is 0.309 e. The third-order valence-corrected chi connectivity index (χ3v) is 3.70. The number of rotatable bonds is 6. The Morgan fingerprint density at radius 3 is 2.29 bits per heavy atom. The van der Waals surface area contributed by atoms with Gasteiger partial charge in [-0.05, 0) is 18.9 Å². The fourth-order valence-electron chi connectivity index (χ4n) is 1.72. The lowest BCUT2D eigenvalue weighted by atomic mass is 10.0. The van der Waals surface area contributed by atoms with Gasteiger partial charge in [0.25, 0.3) is 0 Å². The Morgan fingerprint density at radius 2 is 1.82 bits per heavy atom. The van der Waals surface area contributed by atoms with Gasteiger partial charge in [-0.3, -0.25) is 0 Å². The molecule has 0 aliphatic carbocycles. The molecule has 0 radical (unpaired) electrons. The Morgan fingerprint density at radius 1 is 1.24 bits per heavy atom. The molecule has 0 saturated heterocycles. The van der Waals surface area contributed by atoms with Crippen LogP contribution in [0, 0.1) is 6.92 Å². The lowest BCUT2D eigenvalue weighted by Crippen LogP contribution is -2.26. The van der Waals surface area contributed by atoms with Gasteiger partial charge in [-0.1, -0.05) is 36.8 Å². The number of hydrogen-bond acceptors (Lipinski definition) is 3. The average molecular weight is 255 g/mol. The lowest BCUT2D eigenvalue weighted by molar-refractivity contribution is 0.532. The maximum Gasteiger partial charge on any atom is 0.148 e. The van der Waals surface area contributed by atoms with Crippen LogP contribution in [0.1, 0.15) is 30.5 Å². The van der Waals surface area contributed by atoms with Crippen molar-refractivity contribution in [2.24, 2.45) is 0 Å². The minimum Gasteiger partial charge on any atom is -0.309 e. The molecule has 17 heavy (non-hydrogen) atoms. The van der Waals surface area contributed by atoms with Crippen molar-refractivity contribution in [3.8, 4) is 0 Å². The maximum atomic E-state index is 11.0. The SMILES string of the molecule is CCC(NCCS(C)(=O)=O)c1ccc(C)cc1. The molecular weight excluding hydrogens is 234 g/mol. The van der Waals surface area contributed by atoms with Crippen LogP contribution >= 0.6 is 0 Å². The summed E-state index contributed by atoms with van der Waals surface area (Å²) in [5.41, 5.74) is 2.45.